The zero-order valence-corrected chi connectivity index (χ0v) is 17.5. The fourth-order valence-electron chi connectivity index (χ4n) is 4.16. The zero-order chi connectivity index (χ0) is 20.6. The molecule has 2 amide bonds. The minimum atomic E-state index is -0.0289. The molecule has 1 fully saturated rings. The predicted molar refractivity (Wildman–Crippen MR) is 113 cm³/mol. The summed E-state index contributed by atoms with van der Waals surface area (Å²) in [6, 6.07) is 5.32. The average molecular weight is 401 g/mol. The number of anilines is 1. The van der Waals surface area contributed by atoms with Gasteiger partial charge in [0.05, 0.1) is 14.2 Å². The summed E-state index contributed by atoms with van der Waals surface area (Å²) in [5.41, 5.74) is 1.65. The second-order valence-electron chi connectivity index (χ2n) is 7.92. The number of ether oxygens (including phenoxy) is 2. The molecule has 1 aromatic carbocycles. The lowest BCUT2D eigenvalue weighted by Crippen LogP contribution is -2.41. The summed E-state index contributed by atoms with van der Waals surface area (Å²) < 4.78 is 10.5. The molecule has 6 nitrogen and oxygen atoms in total. The molecular formula is C23H32N2O4. The summed E-state index contributed by atoms with van der Waals surface area (Å²) in [6.07, 6.45) is 9.66. The summed E-state index contributed by atoms with van der Waals surface area (Å²) in [5, 5.41) is 2.93. The van der Waals surface area contributed by atoms with Crippen molar-refractivity contribution in [3.05, 3.63) is 29.8 Å². The molecule has 0 bridgehead atoms. The van der Waals surface area contributed by atoms with E-state index in [9.17, 15) is 9.59 Å². The van der Waals surface area contributed by atoms with Crippen LogP contribution in [0.3, 0.4) is 0 Å². The lowest BCUT2D eigenvalue weighted by molar-refractivity contribution is -0.129. The maximum absolute atomic E-state index is 12.8. The number of allylic oxidation sites excluding steroid dienone is 1. The number of piperidine rings is 1. The fourth-order valence-corrected chi connectivity index (χ4v) is 4.16. The Morgan fingerprint density at radius 3 is 2.52 bits per heavy atom. The van der Waals surface area contributed by atoms with Crippen molar-refractivity contribution in [3.8, 4) is 11.5 Å². The SMILES string of the molecule is COc1cc(NC(=O)CC[C@@H]2CCCN(C(=O)C3=CCCCC3)C2)cc(OC)c1. The molecule has 0 aromatic heterocycles. The molecule has 2 aliphatic rings. The number of amides is 2. The van der Waals surface area contributed by atoms with Gasteiger partial charge in [0.25, 0.3) is 0 Å². The number of carbonyl (C=O) groups excluding carboxylic acids is 2. The second kappa shape index (κ2) is 10.3. The standard InChI is InChI=1S/C23H32N2O4/c1-28-20-13-19(14-21(15-20)29-2)24-22(26)11-10-17-7-6-12-25(16-17)23(27)18-8-4-3-5-9-18/h8,13-15,17H,3-7,9-12,16H2,1-2H3,(H,24,26)/t17-/m0/s1. The van der Waals surface area contributed by atoms with Crippen LogP contribution < -0.4 is 14.8 Å². The van der Waals surface area contributed by atoms with Gasteiger partial charge in [-0.1, -0.05) is 6.08 Å². The van der Waals surface area contributed by atoms with Crippen molar-refractivity contribution in [3.63, 3.8) is 0 Å². The van der Waals surface area contributed by atoms with Gasteiger partial charge < -0.3 is 19.7 Å². The number of hydrogen-bond acceptors (Lipinski definition) is 4. The maximum Gasteiger partial charge on any atom is 0.249 e. The van der Waals surface area contributed by atoms with Crippen LogP contribution in [0.15, 0.2) is 29.8 Å². The molecular weight excluding hydrogens is 368 g/mol. The Morgan fingerprint density at radius 1 is 1.10 bits per heavy atom. The highest BCUT2D eigenvalue weighted by molar-refractivity contribution is 5.93. The third kappa shape index (κ3) is 5.99. The van der Waals surface area contributed by atoms with Crippen LogP contribution >= 0.6 is 0 Å². The summed E-state index contributed by atoms with van der Waals surface area (Å²) in [7, 11) is 3.17. The van der Waals surface area contributed by atoms with Gasteiger partial charge in [-0.15, -0.1) is 0 Å². The van der Waals surface area contributed by atoms with Crippen molar-refractivity contribution in [2.75, 3.05) is 32.6 Å². The first-order valence-corrected chi connectivity index (χ1v) is 10.6. The number of hydrogen-bond donors (Lipinski definition) is 1. The lowest BCUT2D eigenvalue weighted by atomic mass is 9.91. The van der Waals surface area contributed by atoms with Gasteiger partial charge in [0.1, 0.15) is 11.5 Å². The highest BCUT2D eigenvalue weighted by atomic mass is 16.5. The molecule has 6 heteroatoms. The molecule has 158 valence electrons. The summed E-state index contributed by atoms with van der Waals surface area (Å²) in [6.45, 7) is 1.60. The van der Waals surface area contributed by atoms with Crippen molar-refractivity contribution in [2.45, 2.75) is 51.4 Å². The molecule has 1 aromatic rings. The van der Waals surface area contributed by atoms with Crippen LogP contribution in [0, 0.1) is 5.92 Å². The van der Waals surface area contributed by atoms with E-state index >= 15 is 0 Å². The third-order valence-corrected chi connectivity index (χ3v) is 5.79. The van der Waals surface area contributed by atoms with Gasteiger partial charge in [-0.3, -0.25) is 9.59 Å². The maximum atomic E-state index is 12.8. The van der Waals surface area contributed by atoms with E-state index in [4.69, 9.17) is 9.47 Å². The topological polar surface area (TPSA) is 67.9 Å². The van der Waals surface area contributed by atoms with E-state index in [1.807, 2.05) is 4.90 Å². The largest absolute Gasteiger partial charge is 0.497 e. The minimum Gasteiger partial charge on any atom is -0.497 e. The van der Waals surface area contributed by atoms with Crippen molar-refractivity contribution in [1.82, 2.24) is 4.90 Å². The van der Waals surface area contributed by atoms with Crippen LogP contribution in [-0.4, -0.2) is 44.0 Å². The third-order valence-electron chi connectivity index (χ3n) is 5.79. The smallest absolute Gasteiger partial charge is 0.249 e. The van der Waals surface area contributed by atoms with Gasteiger partial charge in [-0.2, -0.15) is 0 Å². The first kappa shape index (κ1) is 21.2. The van der Waals surface area contributed by atoms with Crippen LogP contribution in [0.25, 0.3) is 0 Å². The van der Waals surface area contributed by atoms with Crippen molar-refractivity contribution in [2.24, 2.45) is 5.92 Å². The summed E-state index contributed by atoms with van der Waals surface area (Å²) in [4.78, 5) is 27.2. The van der Waals surface area contributed by atoms with E-state index in [1.54, 1.807) is 32.4 Å². The monoisotopic (exact) mass is 400 g/mol. The molecule has 1 atom stereocenters. The molecule has 0 spiro atoms. The molecule has 1 aliphatic heterocycles. The Balaban J connectivity index is 1.49. The Labute approximate surface area is 173 Å². The van der Waals surface area contributed by atoms with Crippen LogP contribution in [0.2, 0.25) is 0 Å². The Morgan fingerprint density at radius 2 is 1.86 bits per heavy atom. The highest BCUT2D eigenvalue weighted by Crippen LogP contribution is 2.27. The molecule has 0 radical (unpaired) electrons. The molecule has 0 unspecified atom stereocenters. The number of nitrogens with zero attached hydrogens (tertiary/aromatic N) is 1. The van der Waals surface area contributed by atoms with Crippen LogP contribution in [0.5, 0.6) is 11.5 Å². The number of methoxy groups -OCH3 is 2. The zero-order valence-electron chi connectivity index (χ0n) is 17.5. The van der Waals surface area contributed by atoms with Gasteiger partial charge in [-0.05, 0) is 50.9 Å². The first-order chi connectivity index (χ1) is 14.1. The van der Waals surface area contributed by atoms with Gasteiger partial charge in [0.2, 0.25) is 11.8 Å². The molecule has 1 aliphatic carbocycles. The number of carbonyl (C=O) groups is 2. The van der Waals surface area contributed by atoms with Gasteiger partial charge >= 0.3 is 0 Å². The predicted octanol–water partition coefficient (Wildman–Crippen LogP) is 4.16. The average Bonchev–Trinajstić information content (AvgIpc) is 2.77. The molecule has 1 N–H and O–H groups in total. The second-order valence-corrected chi connectivity index (χ2v) is 7.92. The Hall–Kier alpha value is -2.50. The molecule has 0 saturated carbocycles. The van der Waals surface area contributed by atoms with E-state index in [0.29, 0.717) is 29.5 Å². The first-order valence-electron chi connectivity index (χ1n) is 10.6. The number of benzene rings is 1. The quantitative estimate of drug-likeness (QED) is 0.746. The Kier molecular flexibility index (Phi) is 7.55. The number of likely N-dealkylation sites (tertiary alicyclic amines) is 1. The van der Waals surface area contributed by atoms with E-state index in [-0.39, 0.29) is 11.8 Å². The van der Waals surface area contributed by atoms with E-state index < -0.39 is 0 Å². The van der Waals surface area contributed by atoms with Crippen molar-refractivity contribution >= 4 is 17.5 Å². The molecule has 1 saturated heterocycles. The van der Waals surface area contributed by atoms with Crippen LogP contribution in [0.1, 0.15) is 51.4 Å². The van der Waals surface area contributed by atoms with E-state index in [2.05, 4.69) is 11.4 Å². The van der Waals surface area contributed by atoms with Gasteiger partial charge in [0.15, 0.2) is 0 Å². The van der Waals surface area contributed by atoms with E-state index in [0.717, 1.165) is 57.2 Å². The number of rotatable bonds is 7. The number of nitrogens with one attached hydrogen (secondary N) is 1. The van der Waals surface area contributed by atoms with Crippen molar-refractivity contribution in [1.29, 1.82) is 0 Å². The summed E-state index contributed by atoms with van der Waals surface area (Å²) in [5.74, 6) is 1.83. The lowest BCUT2D eigenvalue weighted by Gasteiger charge is -2.34. The molecule has 29 heavy (non-hydrogen) atoms. The highest BCUT2D eigenvalue weighted by Gasteiger charge is 2.26. The molecule has 1 heterocycles. The summed E-state index contributed by atoms with van der Waals surface area (Å²) >= 11 is 0. The fraction of sp³-hybridized carbons (Fsp3) is 0.565. The van der Waals surface area contributed by atoms with Crippen LogP contribution in [-0.2, 0) is 9.59 Å². The normalized spacial score (nSPS) is 19.3. The van der Waals surface area contributed by atoms with Crippen LogP contribution in [0.4, 0.5) is 5.69 Å². The van der Waals surface area contributed by atoms with E-state index in [1.165, 1.54) is 6.42 Å². The Bertz CT molecular complexity index is 737. The molecule has 3 rings (SSSR count). The van der Waals surface area contributed by atoms with Gasteiger partial charge in [-0.25, -0.2) is 0 Å². The minimum absolute atomic E-state index is 0.0289. The van der Waals surface area contributed by atoms with Crippen molar-refractivity contribution < 1.29 is 19.1 Å². The van der Waals surface area contributed by atoms with Gasteiger partial charge in [0, 0.05) is 49.0 Å².